The molecule has 0 bridgehead atoms. The number of piperidine rings is 1. The van der Waals surface area contributed by atoms with Gasteiger partial charge in [0.05, 0.1) is 25.9 Å². The van der Waals surface area contributed by atoms with Gasteiger partial charge in [0.1, 0.15) is 11.5 Å². The third kappa shape index (κ3) is 2.98. The summed E-state index contributed by atoms with van der Waals surface area (Å²) in [4.78, 5) is 14.1. The SMILES string of the molecule is COc1ccc(OC)c(C(=O)N2CCC[C@H](O)C2)c1. The van der Waals surface area contributed by atoms with Gasteiger partial charge in [-0.15, -0.1) is 0 Å². The Bertz CT molecular complexity index is 461. The van der Waals surface area contributed by atoms with E-state index in [0.717, 1.165) is 12.8 Å². The van der Waals surface area contributed by atoms with E-state index < -0.39 is 6.10 Å². The fourth-order valence-electron chi connectivity index (χ4n) is 2.29. The van der Waals surface area contributed by atoms with Crippen LogP contribution in [0.15, 0.2) is 18.2 Å². The maximum Gasteiger partial charge on any atom is 0.257 e. The van der Waals surface area contributed by atoms with Crippen LogP contribution in [0.4, 0.5) is 0 Å². The molecule has 0 radical (unpaired) electrons. The van der Waals surface area contributed by atoms with E-state index in [0.29, 0.717) is 30.2 Å². The predicted octanol–water partition coefficient (Wildman–Crippen LogP) is 1.30. The molecule has 5 nitrogen and oxygen atoms in total. The van der Waals surface area contributed by atoms with E-state index in [-0.39, 0.29) is 5.91 Å². The number of rotatable bonds is 3. The summed E-state index contributed by atoms with van der Waals surface area (Å²) in [6, 6.07) is 5.13. The van der Waals surface area contributed by atoms with Gasteiger partial charge in [-0.3, -0.25) is 4.79 Å². The Labute approximate surface area is 112 Å². The monoisotopic (exact) mass is 265 g/mol. The fraction of sp³-hybridized carbons (Fsp3) is 0.500. The highest BCUT2D eigenvalue weighted by Crippen LogP contribution is 2.26. The highest BCUT2D eigenvalue weighted by Gasteiger charge is 2.25. The van der Waals surface area contributed by atoms with Crippen LogP contribution in [0.2, 0.25) is 0 Å². The summed E-state index contributed by atoms with van der Waals surface area (Å²) >= 11 is 0. The van der Waals surface area contributed by atoms with Crippen LogP contribution in [0, 0.1) is 0 Å². The van der Waals surface area contributed by atoms with Crippen molar-refractivity contribution in [2.45, 2.75) is 18.9 Å². The summed E-state index contributed by atoms with van der Waals surface area (Å²) in [5, 5.41) is 9.65. The highest BCUT2D eigenvalue weighted by atomic mass is 16.5. The van der Waals surface area contributed by atoms with Crippen LogP contribution >= 0.6 is 0 Å². The van der Waals surface area contributed by atoms with Crippen molar-refractivity contribution in [1.82, 2.24) is 4.90 Å². The minimum Gasteiger partial charge on any atom is -0.497 e. The second kappa shape index (κ2) is 5.93. The molecule has 1 aliphatic heterocycles. The number of carbonyl (C=O) groups excluding carboxylic acids is 1. The Morgan fingerprint density at radius 3 is 2.79 bits per heavy atom. The largest absolute Gasteiger partial charge is 0.497 e. The average Bonchev–Trinajstić information content (AvgIpc) is 2.45. The molecule has 1 aromatic rings. The van der Waals surface area contributed by atoms with E-state index in [1.54, 1.807) is 30.2 Å². The summed E-state index contributed by atoms with van der Waals surface area (Å²) in [5.74, 6) is 1.00. The van der Waals surface area contributed by atoms with Gasteiger partial charge >= 0.3 is 0 Å². The zero-order valence-corrected chi connectivity index (χ0v) is 11.3. The molecule has 2 rings (SSSR count). The predicted molar refractivity (Wildman–Crippen MR) is 70.7 cm³/mol. The van der Waals surface area contributed by atoms with Crippen molar-refractivity contribution in [3.63, 3.8) is 0 Å². The molecule has 0 aromatic heterocycles. The summed E-state index contributed by atoms with van der Waals surface area (Å²) in [7, 11) is 3.09. The van der Waals surface area contributed by atoms with Crippen molar-refractivity contribution in [2.75, 3.05) is 27.3 Å². The number of nitrogens with zero attached hydrogens (tertiary/aromatic N) is 1. The van der Waals surface area contributed by atoms with Gasteiger partial charge in [0.15, 0.2) is 0 Å². The number of hydrogen-bond acceptors (Lipinski definition) is 4. The molecule has 0 unspecified atom stereocenters. The van der Waals surface area contributed by atoms with Crippen LogP contribution in [0.3, 0.4) is 0 Å². The normalized spacial score (nSPS) is 19.1. The lowest BCUT2D eigenvalue weighted by atomic mass is 10.1. The van der Waals surface area contributed by atoms with E-state index >= 15 is 0 Å². The first kappa shape index (κ1) is 13.7. The minimum absolute atomic E-state index is 0.130. The number of methoxy groups -OCH3 is 2. The Hall–Kier alpha value is -1.75. The number of β-amino-alcohol motifs (C(OH)–C–C–N with tert-alkyl or cyclic N) is 1. The summed E-state index contributed by atoms with van der Waals surface area (Å²) in [6.07, 6.45) is 1.13. The number of ether oxygens (including phenoxy) is 2. The topological polar surface area (TPSA) is 59.0 Å². The molecular weight excluding hydrogens is 246 g/mol. The number of likely N-dealkylation sites (tertiary alicyclic amines) is 1. The molecule has 1 amide bonds. The molecule has 104 valence electrons. The average molecular weight is 265 g/mol. The molecule has 0 spiro atoms. The smallest absolute Gasteiger partial charge is 0.257 e. The molecular formula is C14H19NO4. The van der Waals surface area contributed by atoms with Crippen molar-refractivity contribution in [2.24, 2.45) is 0 Å². The second-order valence-electron chi connectivity index (χ2n) is 4.61. The van der Waals surface area contributed by atoms with Gasteiger partial charge in [-0.05, 0) is 31.0 Å². The molecule has 1 aromatic carbocycles. The van der Waals surface area contributed by atoms with Gasteiger partial charge in [0, 0.05) is 13.1 Å². The number of hydrogen-bond donors (Lipinski definition) is 1. The quantitative estimate of drug-likeness (QED) is 0.895. The molecule has 1 heterocycles. The molecule has 0 aliphatic carbocycles. The van der Waals surface area contributed by atoms with Crippen molar-refractivity contribution in [3.8, 4) is 11.5 Å². The van der Waals surface area contributed by atoms with Crippen molar-refractivity contribution < 1.29 is 19.4 Å². The molecule has 1 N–H and O–H groups in total. The van der Waals surface area contributed by atoms with Crippen LogP contribution in [0.5, 0.6) is 11.5 Å². The molecule has 1 saturated heterocycles. The van der Waals surface area contributed by atoms with E-state index in [4.69, 9.17) is 9.47 Å². The molecule has 1 fully saturated rings. The van der Waals surface area contributed by atoms with E-state index in [1.165, 1.54) is 7.11 Å². The highest BCUT2D eigenvalue weighted by molar-refractivity contribution is 5.97. The Kier molecular flexibility index (Phi) is 4.27. The van der Waals surface area contributed by atoms with Gasteiger partial charge < -0.3 is 19.5 Å². The third-order valence-electron chi connectivity index (χ3n) is 3.32. The van der Waals surface area contributed by atoms with Gasteiger partial charge in [-0.1, -0.05) is 0 Å². The first-order valence-electron chi connectivity index (χ1n) is 6.35. The Morgan fingerprint density at radius 2 is 2.16 bits per heavy atom. The van der Waals surface area contributed by atoms with Crippen LogP contribution in [0.25, 0.3) is 0 Å². The van der Waals surface area contributed by atoms with E-state index in [1.807, 2.05) is 0 Å². The van der Waals surface area contributed by atoms with Crippen LogP contribution in [-0.4, -0.2) is 49.3 Å². The number of carbonyl (C=O) groups is 1. The van der Waals surface area contributed by atoms with Crippen LogP contribution in [0.1, 0.15) is 23.2 Å². The number of aliphatic hydroxyl groups is 1. The Balaban J connectivity index is 2.26. The standard InChI is InChI=1S/C14H19NO4/c1-18-11-5-6-13(19-2)12(8-11)14(17)15-7-3-4-10(16)9-15/h5-6,8,10,16H,3-4,7,9H2,1-2H3/t10-/m0/s1. The lowest BCUT2D eigenvalue weighted by Gasteiger charge is -2.30. The summed E-state index contributed by atoms with van der Waals surface area (Å²) < 4.78 is 10.4. The number of aliphatic hydroxyl groups excluding tert-OH is 1. The third-order valence-corrected chi connectivity index (χ3v) is 3.32. The first-order valence-corrected chi connectivity index (χ1v) is 6.35. The summed E-state index contributed by atoms with van der Waals surface area (Å²) in [5.41, 5.74) is 0.468. The lowest BCUT2D eigenvalue weighted by molar-refractivity contribution is 0.0471. The lowest BCUT2D eigenvalue weighted by Crippen LogP contribution is -2.42. The van der Waals surface area contributed by atoms with Gasteiger partial charge in [-0.2, -0.15) is 0 Å². The van der Waals surface area contributed by atoms with Crippen LogP contribution in [-0.2, 0) is 0 Å². The summed E-state index contributed by atoms with van der Waals surface area (Å²) in [6.45, 7) is 1.04. The molecule has 1 aliphatic rings. The fourth-order valence-corrected chi connectivity index (χ4v) is 2.29. The maximum atomic E-state index is 12.5. The maximum absolute atomic E-state index is 12.5. The van der Waals surface area contributed by atoms with Crippen LogP contribution < -0.4 is 9.47 Å². The number of benzene rings is 1. The molecule has 0 saturated carbocycles. The minimum atomic E-state index is -0.436. The first-order chi connectivity index (χ1) is 9.15. The van der Waals surface area contributed by atoms with Gasteiger partial charge in [0.2, 0.25) is 0 Å². The second-order valence-corrected chi connectivity index (χ2v) is 4.61. The van der Waals surface area contributed by atoms with Crippen molar-refractivity contribution in [1.29, 1.82) is 0 Å². The van der Waals surface area contributed by atoms with Gasteiger partial charge in [-0.25, -0.2) is 0 Å². The number of amides is 1. The van der Waals surface area contributed by atoms with E-state index in [9.17, 15) is 9.90 Å². The van der Waals surface area contributed by atoms with Gasteiger partial charge in [0.25, 0.3) is 5.91 Å². The van der Waals surface area contributed by atoms with Crippen molar-refractivity contribution in [3.05, 3.63) is 23.8 Å². The van der Waals surface area contributed by atoms with Crippen molar-refractivity contribution >= 4 is 5.91 Å². The molecule has 5 heteroatoms. The molecule has 19 heavy (non-hydrogen) atoms. The zero-order valence-electron chi connectivity index (χ0n) is 11.3. The zero-order chi connectivity index (χ0) is 13.8. The van der Waals surface area contributed by atoms with E-state index in [2.05, 4.69) is 0 Å². The molecule has 1 atom stereocenters. The Morgan fingerprint density at radius 1 is 1.37 bits per heavy atom.